The lowest BCUT2D eigenvalue weighted by Gasteiger charge is -2.32. The highest BCUT2D eigenvalue weighted by atomic mass is 16.5. The van der Waals surface area contributed by atoms with Gasteiger partial charge in [0, 0.05) is 22.6 Å². The Balaban J connectivity index is 1.86. The predicted molar refractivity (Wildman–Crippen MR) is 106 cm³/mol. The number of benzene rings is 3. The van der Waals surface area contributed by atoms with Crippen LogP contribution in [0.5, 0.6) is 17.2 Å². The second-order valence-corrected chi connectivity index (χ2v) is 6.84. The molecular formula is C24H20O4. The highest BCUT2D eigenvalue weighted by Crippen LogP contribution is 2.48. The summed E-state index contributed by atoms with van der Waals surface area (Å²) >= 11 is 0. The molecule has 1 aliphatic rings. The molecular weight excluding hydrogens is 352 g/mol. The summed E-state index contributed by atoms with van der Waals surface area (Å²) in [5.41, 5.74) is 2.15. The lowest BCUT2D eigenvalue weighted by molar-refractivity contribution is -0.119. The number of carbonyl (C=O) groups is 2. The minimum Gasteiger partial charge on any atom is -0.497 e. The Hall–Kier alpha value is -3.40. The van der Waals surface area contributed by atoms with Gasteiger partial charge in [-0.3, -0.25) is 9.59 Å². The van der Waals surface area contributed by atoms with E-state index in [1.165, 1.54) is 6.92 Å². The summed E-state index contributed by atoms with van der Waals surface area (Å²) in [7, 11) is 1.55. The molecule has 0 fully saturated rings. The smallest absolute Gasteiger partial charge is 0.174 e. The normalized spacial score (nSPS) is 13.6. The molecule has 3 aromatic carbocycles. The molecule has 140 valence electrons. The number of hydrogen-bond donors (Lipinski definition) is 0. The summed E-state index contributed by atoms with van der Waals surface area (Å²) in [6, 6.07) is 22.1. The van der Waals surface area contributed by atoms with Crippen molar-refractivity contribution in [3.8, 4) is 17.2 Å². The topological polar surface area (TPSA) is 52.6 Å². The van der Waals surface area contributed by atoms with Gasteiger partial charge in [0.05, 0.1) is 13.0 Å². The predicted octanol–water partition coefficient (Wildman–Crippen LogP) is 5.02. The van der Waals surface area contributed by atoms with Crippen molar-refractivity contribution in [2.45, 2.75) is 12.8 Å². The van der Waals surface area contributed by atoms with Gasteiger partial charge >= 0.3 is 0 Å². The third-order valence-electron chi connectivity index (χ3n) is 5.14. The quantitative estimate of drug-likeness (QED) is 0.466. The van der Waals surface area contributed by atoms with Crippen molar-refractivity contribution in [2.24, 2.45) is 5.92 Å². The number of fused-ring (bicyclic) bond motifs is 2. The van der Waals surface area contributed by atoms with Crippen LogP contribution >= 0.6 is 0 Å². The molecule has 0 bridgehead atoms. The average Bonchev–Trinajstić information content (AvgIpc) is 2.73. The number of para-hydroxylation sites is 2. The lowest BCUT2D eigenvalue weighted by atomic mass is 9.74. The highest BCUT2D eigenvalue weighted by Gasteiger charge is 2.40. The van der Waals surface area contributed by atoms with Gasteiger partial charge in [-0.25, -0.2) is 0 Å². The zero-order valence-electron chi connectivity index (χ0n) is 15.7. The number of ketones is 2. The fourth-order valence-corrected chi connectivity index (χ4v) is 3.83. The van der Waals surface area contributed by atoms with Crippen molar-refractivity contribution in [1.82, 2.24) is 0 Å². The standard InChI is InChI=1S/C24H20O4/c1-15(25)22(24(26)16-8-7-9-17(14-16)27-2)23-18-10-3-5-12-20(18)28-21-13-6-4-11-19(21)23/h3-14,22-23H,1-2H3/t22-/m1/s1. The molecule has 4 heteroatoms. The van der Waals surface area contributed by atoms with E-state index in [4.69, 9.17) is 9.47 Å². The minimum atomic E-state index is -0.849. The van der Waals surface area contributed by atoms with Crippen molar-refractivity contribution >= 4 is 11.6 Å². The first kappa shape index (κ1) is 18.0. The molecule has 0 saturated carbocycles. The molecule has 0 N–H and O–H groups in total. The van der Waals surface area contributed by atoms with Gasteiger partial charge in [-0.15, -0.1) is 0 Å². The summed E-state index contributed by atoms with van der Waals surface area (Å²) in [4.78, 5) is 26.2. The molecule has 4 nitrogen and oxygen atoms in total. The maximum absolute atomic E-state index is 13.5. The molecule has 4 rings (SSSR count). The molecule has 0 unspecified atom stereocenters. The first-order chi connectivity index (χ1) is 13.6. The van der Waals surface area contributed by atoms with E-state index in [9.17, 15) is 9.59 Å². The van der Waals surface area contributed by atoms with Crippen LogP contribution in [0.25, 0.3) is 0 Å². The first-order valence-electron chi connectivity index (χ1n) is 9.14. The van der Waals surface area contributed by atoms with E-state index in [1.807, 2.05) is 48.5 Å². The minimum absolute atomic E-state index is 0.177. The molecule has 0 spiro atoms. The molecule has 1 atom stereocenters. The summed E-state index contributed by atoms with van der Waals surface area (Å²) in [6.45, 7) is 1.48. The van der Waals surface area contributed by atoms with E-state index < -0.39 is 11.8 Å². The second kappa shape index (κ2) is 7.31. The summed E-state index contributed by atoms with van der Waals surface area (Å²) in [5.74, 6) is 0.288. The molecule has 0 amide bonds. The lowest BCUT2D eigenvalue weighted by Crippen LogP contribution is -2.31. The molecule has 0 radical (unpaired) electrons. The maximum Gasteiger partial charge on any atom is 0.174 e. The van der Waals surface area contributed by atoms with E-state index in [1.54, 1.807) is 31.4 Å². The molecule has 0 aromatic heterocycles. The third-order valence-corrected chi connectivity index (χ3v) is 5.14. The third kappa shape index (κ3) is 3.07. The average molecular weight is 372 g/mol. The van der Waals surface area contributed by atoms with E-state index in [2.05, 4.69) is 0 Å². The van der Waals surface area contributed by atoms with Gasteiger partial charge in [0.25, 0.3) is 0 Å². The van der Waals surface area contributed by atoms with E-state index in [0.717, 1.165) is 11.1 Å². The van der Waals surface area contributed by atoms with Crippen molar-refractivity contribution in [2.75, 3.05) is 7.11 Å². The van der Waals surface area contributed by atoms with Crippen LogP contribution in [0.2, 0.25) is 0 Å². The van der Waals surface area contributed by atoms with Crippen molar-refractivity contribution in [3.05, 3.63) is 89.5 Å². The Bertz CT molecular complexity index is 1010. The molecule has 0 aliphatic carbocycles. The molecule has 28 heavy (non-hydrogen) atoms. The summed E-state index contributed by atoms with van der Waals surface area (Å²) < 4.78 is 11.3. The van der Waals surface area contributed by atoms with Crippen LogP contribution in [0.15, 0.2) is 72.8 Å². The zero-order valence-corrected chi connectivity index (χ0v) is 15.7. The molecule has 3 aromatic rings. The van der Waals surface area contributed by atoms with Crippen LogP contribution < -0.4 is 9.47 Å². The molecule has 1 aliphatic heterocycles. The van der Waals surface area contributed by atoms with Crippen molar-refractivity contribution in [3.63, 3.8) is 0 Å². The fourth-order valence-electron chi connectivity index (χ4n) is 3.83. The Kier molecular flexibility index (Phi) is 4.70. The van der Waals surface area contributed by atoms with Crippen LogP contribution in [0.3, 0.4) is 0 Å². The van der Waals surface area contributed by atoms with E-state index in [0.29, 0.717) is 22.8 Å². The molecule has 0 saturated heterocycles. The van der Waals surface area contributed by atoms with E-state index >= 15 is 0 Å². The Morgan fingerprint density at radius 2 is 1.50 bits per heavy atom. The van der Waals surface area contributed by atoms with E-state index in [-0.39, 0.29) is 11.6 Å². The van der Waals surface area contributed by atoms with Gasteiger partial charge in [-0.05, 0) is 31.2 Å². The second-order valence-electron chi connectivity index (χ2n) is 6.84. The van der Waals surface area contributed by atoms with Crippen LogP contribution in [0.4, 0.5) is 0 Å². The SMILES string of the molecule is COc1cccc(C(=O)[C@H](C(C)=O)C2c3ccccc3Oc3ccccc32)c1. The van der Waals surface area contributed by atoms with Gasteiger partial charge in [0.2, 0.25) is 0 Å². The fraction of sp³-hybridized carbons (Fsp3) is 0.167. The Morgan fingerprint density at radius 1 is 0.893 bits per heavy atom. The zero-order chi connectivity index (χ0) is 19.7. The number of methoxy groups -OCH3 is 1. The van der Waals surface area contributed by atoms with Crippen molar-refractivity contribution < 1.29 is 19.1 Å². The first-order valence-corrected chi connectivity index (χ1v) is 9.14. The number of rotatable bonds is 5. The summed E-state index contributed by atoms with van der Waals surface area (Å²) in [6.07, 6.45) is 0. The number of carbonyl (C=O) groups excluding carboxylic acids is 2. The Morgan fingerprint density at radius 3 is 2.07 bits per heavy atom. The monoisotopic (exact) mass is 372 g/mol. The van der Waals surface area contributed by atoms with Gasteiger partial charge in [0.1, 0.15) is 23.0 Å². The van der Waals surface area contributed by atoms with Gasteiger partial charge in [-0.1, -0.05) is 48.5 Å². The number of hydrogen-bond acceptors (Lipinski definition) is 4. The maximum atomic E-state index is 13.5. The number of ether oxygens (including phenoxy) is 2. The summed E-state index contributed by atoms with van der Waals surface area (Å²) in [5, 5.41) is 0. The van der Waals surface area contributed by atoms with Crippen LogP contribution in [-0.4, -0.2) is 18.7 Å². The van der Waals surface area contributed by atoms with Crippen molar-refractivity contribution in [1.29, 1.82) is 0 Å². The Labute approximate surface area is 163 Å². The highest BCUT2D eigenvalue weighted by molar-refractivity contribution is 6.11. The van der Waals surface area contributed by atoms with Gasteiger partial charge < -0.3 is 9.47 Å². The van der Waals surface area contributed by atoms with Crippen LogP contribution in [-0.2, 0) is 4.79 Å². The van der Waals surface area contributed by atoms with Crippen LogP contribution in [0.1, 0.15) is 34.3 Å². The number of Topliss-reactive ketones (excluding diaryl/α,β-unsaturated/α-hetero) is 2. The van der Waals surface area contributed by atoms with Gasteiger partial charge in [0.15, 0.2) is 5.78 Å². The molecule has 1 heterocycles. The van der Waals surface area contributed by atoms with Crippen LogP contribution in [0, 0.1) is 5.92 Å². The largest absolute Gasteiger partial charge is 0.497 e. The van der Waals surface area contributed by atoms with Gasteiger partial charge in [-0.2, -0.15) is 0 Å².